The number of aromatic amines is 1. The predicted molar refractivity (Wildman–Crippen MR) is 51.8 cm³/mol. The zero-order valence-electron chi connectivity index (χ0n) is 6.95. The van der Waals surface area contributed by atoms with Gasteiger partial charge in [-0.25, -0.2) is 4.98 Å². The number of hydrogen-bond acceptors (Lipinski definition) is 2. The molecule has 0 bridgehead atoms. The second-order valence-corrected chi connectivity index (χ2v) is 2.73. The van der Waals surface area contributed by atoms with Crippen LogP contribution in [0.1, 0.15) is 5.69 Å². The average Bonchev–Trinajstić information content (AvgIpc) is 2.17. The standard InChI is InChI=1S/C9H7BN2O/c10-5-8-9(13)12-7-4-2-1-3-6(7)11-8/h1-4H,5H2,(H,12,13). The maximum Gasteiger partial charge on any atom is 0.269 e. The van der Waals surface area contributed by atoms with E-state index in [-0.39, 0.29) is 11.9 Å². The molecule has 0 aliphatic heterocycles. The van der Waals surface area contributed by atoms with Gasteiger partial charge in [-0.3, -0.25) is 4.79 Å². The Bertz CT molecular complexity index is 492. The number of aromatic nitrogens is 2. The summed E-state index contributed by atoms with van der Waals surface area (Å²) in [6.07, 6.45) is 0.167. The van der Waals surface area contributed by atoms with Gasteiger partial charge in [0, 0.05) is 0 Å². The molecule has 1 aromatic carbocycles. The normalized spacial score (nSPS) is 10.5. The molecule has 4 heteroatoms. The Kier molecular flexibility index (Phi) is 1.89. The molecule has 1 heterocycles. The van der Waals surface area contributed by atoms with Gasteiger partial charge in [0.2, 0.25) is 0 Å². The van der Waals surface area contributed by atoms with Crippen LogP contribution in [0.3, 0.4) is 0 Å². The molecule has 2 rings (SSSR count). The Balaban J connectivity index is 2.81. The Hall–Kier alpha value is -1.58. The molecule has 0 atom stereocenters. The van der Waals surface area contributed by atoms with E-state index in [1.807, 2.05) is 24.3 Å². The van der Waals surface area contributed by atoms with Crippen LogP contribution in [0.25, 0.3) is 11.0 Å². The fourth-order valence-electron chi connectivity index (χ4n) is 1.21. The van der Waals surface area contributed by atoms with E-state index < -0.39 is 0 Å². The number of para-hydroxylation sites is 2. The molecule has 1 aromatic heterocycles. The van der Waals surface area contributed by atoms with E-state index in [1.54, 1.807) is 0 Å². The minimum Gasteiger partial charge on any atom is -0.319 e. The molecule has 1 N–H and O–H groups in total. The van der Waals surface area contributed by atoms with Crippen LogP contribution in [0.15, 0.2) is 29.1 Å². The van der Waals surface area contributed by atoms with E-state index in [9.17, 15) is 4.79 Å². The predicted octanol–water partition coefficient (Wildman–Crippen LogP) is 0.592. The highest BCUT2D eigenvalue weighted by Gasteiger charge is 2.00. The number of fused-ring (bicyclic) bond motifs is 1. The lowest BCUT2D eigenvalue weighted by Crippen LogP contribution is -2.14. The van der Waals surface area contributed by atoms with Crippen molar-refractivity contribution in [1.82, 2.24) is 9.97 Å². The minimum atomic E-state index is -0.207. The lowest BCUT2D eigenvalue weighted by molar-refractivity contribution is 1.10. The summed E-state index contributed by atoms with van der Waals surface area (Å²) >= 11 is 0. The molecular formula is C9H7BN2O. The van der Waals surface area contributed by atoms with Crippen molar-refractivity contribution >= 4 is 18.9 Å². The summed E-state index contributed by atoms with van der Waals surface area (Å²) in [5.41, 5.74) is 1.67. The molecular weight excluding hydrogens is 163 g/mol. The Labute approximate surface area is 76.2 Å². The molecule has 0 spiro atoms. The van der Waals surface area contributed by atoms with Crippen molar-refractivity contribution in [1.29, 1.82) is 0 Å². The summed E-state index contributed by atoms with van der Waals surface area (Å²) in [5.74, 6) is 0. The smallest absolute Gasteiger partial charge is 0.269 e. The number of nitrogens with one attached hydrogen (secondary N) is 1. The molecule has 0 aliphatic rings. The topological polar surface area (TPSA) is 45.8 Å². The molecule has 0 amide bonds. The van der Waals surface area contributed by atoms with E-state index in [1.165, 1.54) is 0 Å². The minimum absolute atomic E-state index is 0.167. The molecule has 13 heavy (non-hydrogen) atoms. The third-order valence-electron chi connectivity index (χ3n) is 1.86. The molecule has 2 aromatic rings. The molecule has 0 fully saturated rings. The van der Waals surface area contributed by atoms with E-state index in [0.29, 0.717) is 5.69 Å². The monoisotopic (exact) mass is 170 g/mol. The SMILES string of the molecule is [B]Cc1nc2ccccc2[nH]c1=O. The molecule has 0 saturated heterocycles. The zero-order valence-corrected chi connectivity index (χ0v) is 6.95. The summed E-state index contributed by atoms with van der Waals surface area (Å²) in [6.45, 7) is 0. The van der Waals surface area contributed by atoms with Gasteiger partial charge in [0.05, 0.1) is 24.6 Å². The van der Waals surface area contributed by atoms with Crippen LogP contribution >= 0.6 is 0 Å². The summed E-state index contributed by atoms with van der Waals surface area (Å²) < 4.78 is 0. The summed E-state index contributed by atoms with van der Waals surface area (Å²) in [7, 11) is 5.36. The van der Waals surface area contributed by atoms with Gasteiger partial charge < -0.3 is 4.98 Å². The molecule has 3 nitrogen and oxygen atoms in total. The Morgan fingerprint density at radius 3 is 2.92 bits per heavy atom. The second-order valence-electron chi connectivity index (χ2n) is 2.73. The molecule has 0 aliphatic carbocycles. The van der Waals surface area contributed by atoms with Crippen molar-refractivity contribution in [3.63, 3.8) is 0 Å². The van der Waals surface area contributed by atoms with Crippen molar-refractivity contribution < 1.29 is 0 Å². The number of H-pyrrole nitrogens is 1. The van der Waals surface area contributed by atoms with Crippen molar-refractivity contribution in [3.05, 3.63) is 40.3 Å². The first-order chi connectivity index (χ1) is 6.31. The summed E-state index contributed by atoms with van der Waals surface area (Å²) in [5, 5.41) is 0. The van der Waals surface area contributed by atoms with Gasteiger partial charge in [-0.1, -0.05) is 12.1 Å². The van der Waals surface area contributed by atoms with Gasteiger partial charge >= 0.3 is 0 Å². The number of benzene rings is 1. The number of rotatable bonds is 1. The second kappa shape index (κ2) is 3.05. The van der Waals surface area contributed by atoms with Gasteiger partial charge in [-0.2, -0.15) is 0 Å². The molecule has 0 saturated carbocycles. The lowest BCUT2D eigenvalue weighted by atomic mass is 10.0. The third kappa shape index (κ3) is 1.35. The summed E-state index contributed by atoms with van der Waals surface area (Å²) in [6, 6.07) is 7.37. The maximum atomic E-state index is 11.3. The van der Waals surface area contributed by atoms with Crippen LogP contribution in [-0.4, -0.2) is 17.8 Å². The first kappa shape index (κ1) is 8.04. The van der Waals surface area contributed by atoms with Gasteiger partial charge in [0.15, 0.2) is 0 Å². The van der Waals surface area contributed by atoms with Crippen LogP contribution < -0.4 is 5.56 Å². The van der Waals surface area contributed by atoms with E-state index >= 15 is 0 Å². The van der Waals surface area contributed by atoms with Crippen molar-refractivity contribution in [2.45, 2.75) is 6.32 Å². The van der Waals surface area contributed by atoms with E-state index in [2.05, 4.69) is 9.97 Å². The first-order valence-electron chi connectivity index (χ1n) is 3.99. The van der Waals surface area contributed by atoms with E-state index in [4.69, 9.17) is 7.85 Å². The summed E-state index contributed by atoms with van der Waals surface area (Å²) in [4.78, 5) is 18.1. The third-order valence-corrected chi connectivity index (χ3v) is 1.86. The van der Waals surface area contributed by atoms with Crippen LogP contribution in [-0.2, 0) is 6.32 Å². The van der Waals surface area contributed by atoms with Gasteiger partial charge in [-0.05, 0) is 18.5 Å². The van der Waals surface area contributed by atoms with Crippen LogP contribution in [0, 0.1) is 0 Å². The number of nitrogens with zero attached hydrogens (tertiary/aromatic N) is 1. The Morgan fingerprint density at radius 2 is 2.15 bits per heavy atom. The highest BCUT2D eigenvalue weighted by molar-refractivity contribution is 6.08. The Morgan fingerprint density at radius 1 is 1.38 bits per heavy atom. The van der Waals surface area contributed by atoms with Crippen molar-refractivity contribution in [3.8, 4) is 0 Å². The van der Waals surface area contributed by atoms with Gasteiger partial charge in [0.25, 0.3) is 5.56 Å². The fourth-order valence-corrected chi connectivity index (χ4v) is 1.21. The quantitative estimate of drug-likeness (QED) is 0.636. The van der Waals surface area contributed by atoms with Crippen molar-refractivity contribution in [2.75, 3.05) is 0 Å². The number of hydrogen-bond donors (Lipinski definition) is 1. The van der Waals surface area contributed by atoms with Crippen LogP contribution in [0.5, 0.6) is 0 Å². The largest absolute Gasteiger partial charge is 0.319 e. The molecule has 0 unspecified atom stereocenters. The van der Waals surface area contributed by atoms with Crippen LogP contribution in [0.2, 0.25) is 0 Å². The zero-order chi connectivity index (χ0) is 9.26. The molecule has 2 radical (unpaired) electrons. The highest BCUT2D eigenvalue weighted by Crippen LogP contribution is 2.05. The maximum absolute atomic E-state index is 11.3. The van der Waals surface area contributed by atoms with Crippen molar-refractivity contribution in [2.24, 2.45) is 0 Å². The van der Waals surface area contributed by atoms with Crippen LogP contribution in [0.4, 0.5) is 0 Å². The van der Waals surface area contributed by atoms with E-state index in [0.717, 1.165) is 11.0 Å². The molecule has 62 valence electrons. The lowest BCUT2D eigenvalue weighted by Gasteiger charge is -1.98. The van der Waals surface area contributed by atoms with Gasteiger partial charge in [0.1, 0.15) is 0 Å². The first-order valence-corrected chi connectivity index (χ1v) is 3.99. The average molecular weight is 170 g/mol. The fraction of sp³-hybridized carbons (Fsp3) is 0.111. The highest BCUT2D eigenvalue weighted by atomic mass is 16.1. The van der Waals surface area contributed by atoms with Gasteiger partial charge in [-0.15, -0.1) is 0 Å².